The van der Waals surface area contributed by atoms with Crippen molar-refractivity contribution in [3.63, 3.8) is 0 Å². The Bertz CT molecular complexity index is 1120. The van der Waals surface area contributed by atoms with E-state index in [2.05, 4.69) is 4.90 Å². The van der Waals surface area contributed by atoms with Gasteiger partial charge in [-0.3, -0.25) is 14.6 Å². The summed E-state index contributed by atoms with van der Waals surface area (Å²) in [5, 5.41) is 1.16. The van der Waals surface area contributed by atoms with Gasteiger partial charge >= 0.3 is 0 Å². The standard InChI is InChI=1S/C24H28ClN3O5S/c1-30-18-14-16(15-19(31-2)22(18)32-3)23(29)28(9-5-8-27-10-12-33-13-11-27)24-26-21-17(25)6-4-7-20(21)34-24/h4,6-7,14-15H,5,8-13H2,1-3H3. The minimum absolute atomic E-state index is 0.198. The van der Waals surface area contributed by atoms with E-state index in [9.17, 15) is 4.79 Å². The highest BCUT2D eigenvalue weighted by molar-refractivity contribution is 7.22. The van der Waals surface area contributed by atoms with Gasteiger partial charge in [-0.15, -0.1) is 0 Å². The van der Waals surface area contributed by atoms with Crippen LogP contribution in [0.1, 0.15) is 16.8 Å². The Labute approximate surface area is 207 Å². The number of carbonyl (C=O) groups excluding carboxylic acids is 1. The molecule has 1 aliphatic heterocycles. The number of thiazole rings is 1. The second-order valence-corrected chi connectivity index (χ2v) is 9.18. The fraction of sp³-hybridized carbons (Fsp3) is 0.417. The molecule has 0 atom stereocenters. The maximum absolute atomic E-state index is 13.8. The Morgan fingerprint density at radius 1 is 1.15 bits per heavy atom. The maximum atomic E-state index is 13.8. The lowest BCUT2D eigenvalue weighted by molar-refractivity contribution is 0.0376. The number of methoxy groups -OCH3 is 3. The second-order valence-electron chi connectivity index (χ2n) is 7.76. The van der Waals surface area contributed by atoms with Crippen LogP contribution in [0.25, 0.3) is 10.2 Å². The second kappa shape index (κ2) is 11.2. The number of amides is 1. The van der Waals surface area contributed by atoms with Crippen molar-refractivity contribution < 1.29 is 23.7 Å². The van der Waals surface area contributed by atoms with Gasteiger partial charge in [0.05, 0.1) is 44.3 Å². The van der Waals surface area contributed by atoms with E-state index in [1.165, 1.54) is 32.7 Å². The van der Waals surface area contributed by atoms with Crippen LogP contribution in [-0.2, 0) is 4.74 Å². The molecule has 0 bridgehead atoms. The summed E-state index contributed by atoms with van der Waals surface area (Å²) in [4.78, 5) is 22.6. The predicted molar refractivity (Wildman–Crippen MR) is 134 cm³/mol. The van der Waals surface area contributed by atoms with Crippen molar-refractivity contribution in [3.8, 4) is 17.2 Å². The molecular weight excluding hydrogens is 478 g/mol. The van der Waals surface area contributed by atoms with E-state index in [4.69, 9.17) is 35.5 Å². The molecule has 34 heavy (non-hydrogen) atoms. The van der Waals surface area contributed by atoms with E-state index in [-0.39, 0.29) is 5.91 Å². The number of hydrogen-bond acceptors (Lipinski definition) is 8. The Morgan fingerprint density at radius 3 is 2.47 bits per heavy atom. The third kappa shape index (κ3) is 5.22. The van der Waals surface area contributed by atoms with Crippen LogP contribution >= 0.6 is 22.9 Å². The number of benzene rings is 2. The number of carbonyl (C=O) groups is 1. The van der Waals surface area contributed by atoms with Gasteiger partial charge in [-0.1, -0.05) is 29.0 Å². The van der Waals surface area contributed by atoms with Crippen molar-refractivity contribution in [1.82, 2.24) is 9.88 Å². The van der Waals surface area contributed by atoms with Crippen LogP contribution < -0.4 is 19.1 Å². The summed E-state index contributed by atoms with van der Waals surface area (Å²) in [6.45, 7) is 4.66. The first kappa shape index (κ1) is 24.5. The quantitative estimate of drug-likeness (QED) is 0.428. The fourth-order valence-corrected chi connectivity index (χ4v) is 5.23. The monoisotopic (exact) mass is 505 g/mol. The molecule has 1 saturated heterocycles. The number of anilines is 1. The number of aromatic nitrogens is 1. The van der Waals surface area contributed by atoms with E-state index in [1.807, 2.05) is 12.1 Å². The highest BCUT2D eigenvalue weighted by Gasteiger charge is 2.25. The van der Waals surface area contributed by atoms with Crippen LogP contribution in [0.2, 0.25) is 5.02 Å². The molecule has 0 N–H and O–H groups in total. The summed E-state index contributed by atoms with van der Waals surface area (Å²) in [5.41, 5.74) is 1.12. The summed E-state index contributed by atoms with van der Waals surface area (Å²) in [6, 6.07) is 8.98. The zero-order valence-electron chi connectivity index (χ0n) is 19.5. The Morgan fingerprint density at radius 2 is 1.85 bits per heavy atom. The Balaban J connectivity index is 1.66. The highest BCUT2D eigenvalue weighted by atomic mass is 35.5. The van der Waals surface area contributed by atoms with E-state index >= 15 is 0 Å². The van der Waals surface area contributed by atoms with Gasteiger partial charge in [-0.2, -0.15) is 0 Å². The average molecular weight is 506 g/mol. The molecule has 3 aromatic rings. The first-order chi connectivity index (χ1) is 16.5. The van der Waals surface area contributed by atoms with Crippen molar-refractivity contribution in [3.05, 3.63) is 40.9 Å². The van der Waals surface area contributed by atoms with Crippen LogP contribution in [0.4, 0.5) is 5.13 Å². The molecule has 1 aromatic heterocycles. The Hall–Kier alpha value is -2.59. The zero-order valence-corrected chi connectivity index (χ0v) is 21.1. The number of morpholine rings is 1. The lowest BCUT2D eigenvalue weighted by Gasteiger charge is -2.28. The minimum atomic E-state index is -0.198. The summed E-state index contributed by atoms with van der Waals surface area (Å²) in [7, 11) is 4.59. The number of ether oxygens (including phenoxy) is 4. The summed E-state index contributed by atoms with van der Waals surface area (Å²) >= 11 is 7.81. The van der Waals surface area contributed by atoms with Crippen LogP contribution in [0.15, 0.2) is 30.3 Å². The topological polar surface area (TPSA) is 73.4 Å². The van der Waals surface area contributed by atoms with Crippen molar-refractivity contribution in [1.29, 1.82) is 0 Å². The van der Waals surface area contributed by atoms with Gasteiger partial charge < -0.3 is 18.9 Å². The fourth-order valence-electron chi connectivity index (χ4n) is 3.94. The van der Waals surface area contributed by atoms with Crippen LogP contribution in [0.5, 0.6) is 17.2 Å². The molecule has 0 radical (unpaired) electrons. The number of nitrogens with zero attached hydrogens (tertiary/aromatic N) is 3. The summed E-state index contributed by atoms with van der Waals surface area (Å²) in [6.07, 6.45) is 0.791. The van der Waals surface area contributed by atoms with Gasteiger partial charge in [0.25, 0.3) is 5.91 Å². The number of rotatable bonds is 9. The lowest BCUT2D eigenvalue weighted by atomic mass is 10.1. The van der Waals surface area contributed by atoms with Crippen LogP contribution in [0.3, 0.4) is 0 Å². The van der Waals surface area contributed by atoms with E-state index < -0.39 is 0 Å². The van der Waals surface area contributed by atoms with Gasteiger partial charge in [-0.25, -0.2) is 4.98 Å². The molecular formula is C24H28ClN3O5S. The van der Waals surface area contributed by atoms with Crippen molar-refractivity contribution in [2.45, 2.75) is 6.42 Å². The smallest absolute Gasteiger partial charge is 0.260 e. The molecule has 0 saturated carbocycles. The molecule has 0 aliphatic carbocycles. The summed E-state index contributed by atoms with van der Waals surface area (Å²) in [5.74, 6) is 1.08. The van der Waals surface area contributed by atoms with Crippen molar-refractivity contribution in [2.24, 2.45) is 0 Å². The largest absolute Gasteiger partial charge is 0.493 e. The van der Waals surface area contributed by atoms with Crippen molar-refractivity contribution in [2.75, 3.05) is 65.6 Å². The van der Waals surface area contributed by atoms with Crippen LogP contribution in [0, 0.1) is 0 Å². The number of halogens is 1. The first-order valence-corrected chi connectivity index (χ1v) is 12.2. The van der Waals surface area contributed by atoms with E-state index in [1.54, 1.807) is 23.1 Å². The first-order valence-electron chi connectivity index (χ1n) is 11.0. The van der Waals surface area contributed by atoms with E-state index in [0.29, 0.717) is 45.0 Å². The molecule has 2 heterocycles. The predicted octanol–water partition coefficient (Wildman–Crippen LogP) is 4.34. The van der Waals surface area contributed by atoms with Gasteiger partial charge in [0.2, 0.25) is 5.75 Å². The van der Waals surface area contributed by atoms with Gasteiger partial charge in [-0.05, 0) is 30.7 Å². The molecule has 182 valence electrons. The van der Waals surface area contributed by atoms with Crippen molar-refractivity contribution >= 4 is 44.2 Å². The molecule has 2 aromatic carbocycles. The Kier molecular flexibility index (Phi) is 8.10. The van der Waals surface area contributed by atoms with E-state index in [0.717, 1.165) is 44.0 Å². The molecule has 0 spiro atoms. The minimum Gasteiger partial charge on any atom is -0.493 e. The van der Waals surface area contributed by atoms with Gasteiger partial charge in [0.1, 0.15) is 5.52 Å². The molecule has 10 heteroatoms. The third-order valence-corrected chi connectivity index (χ3v) is 7.05. The maximum Gasteiger partial charge on any atom is 0.260 e. The highest BCUT2D eigenvalue weighted by Crippen LogP contribution is 2.39. The number of fused-ring (bicyclic) bond motifs is 1. The zero-order chi connectivity index (χ0) is 24.1. The number of hydrogen-bond donors (Lipinski definition) is 0. The molecule has 1 fully saturated rings. The SMILES string of the molecule is COc1cc(C(=O)N(CCCN2CCOCC2)c2nc3c(Cl)cccc3s2)cc(OC)c1OC. The third-order valence-electron chi connectivity index (χ3n) is 5.71. The molecule has 0 unspecified atom stereocenters. The molecule has 8 nitrogen and oxygen atoms in total. The molecule has 4 rings (SSSR count). The van der Waals surface area contributed by atoms with Crippen LogP contribution in [-0.4, -0.2) is 76.5 Å². The average Bonchev–Trinajstić information content (AvgIpc) is 3.31. The van der Waals surface area contributed by atoms with Gasteiger partial charge in [0, 0.05) is 31.7 Å². The number of para-hydroxylation sites is 1. The summed E-state index contributed by atoms with van der Waals surface area (Å²) < 4.78 is 22.7. The molecule has 1 amide bonds. The lowest BCUT2D eigenvalue weighted by Crippen LogP contribution is -2.39. The van der Waals surface area contributed by atoms with Gasteiger partial charge in [0.15, 0.2) is 16.6 Å². The normalized spacial score (nSPS) is 14.2. The molecule has 1 aliphatic rings.